The fourth-order valence-corrected chi connectivity index (χ4v) is 4.65. The SMILES string of the molecule is Cc1ncc(-c2nnc(OCCc3ccc(F)cc3)nn2)c(N2CCC(C)(C)CC2)c1C(OC(C)(C)C)C(=O)O. The van der Waals surface area contributed by atoms with Gasteiger partial charge in [-0.3, -0.25) is 4.98 Å². The van der Waals surface area contributed by atoms with Gasteiger partial charge in [0.25, 0.3) is 0 Å². The number of nitrogens with zero attached hydrogens (tertiary/aromatic N) is 6. The lowest BCUT2D eigenvalue weighted by Gasteiger charge is -2.40. The zero-order valence-electron chi connectivity index (χ0n) is 23.9. The van der Waals surface area contributed by atoms with Crippen LogP contribution >= 0.6 is 0 Å². The smallest absolute Gasteiger partial charge is 0.355 e. The van der Waals surface area contributed by atoms with E-state index in [9.17, 15) is 14.3 Å². The number of anilines is 1. The Morgan fingerprint density at radius 3 is 2.30 bits per heavy atom. The highest BCUT2D eigenvalue weighted by Gasteiger charge is 2.36. The summed E-state index contributed by atoms with van der Waals surface area (Å²) in [5.41, 5.74) is 2.62. The monoisotopic (exact) mass is 552 g/mol. The van der Waals surface area contributed by atoms with E-state index in [2.05, 4.69) is 44.1 Å². The first-order valence-corrected chi connectivity index (χ1v) is 13.4. The summed E-state index contributed by atoms with van der Waals surface area (Å²) in [5.74, 6) is -1.19. The van der Waals surface area contributed by atoms with E-state index in [1.807, 2.05) is 20.8 Å². The van der Waals surface area contributed by atoms with Crippen molar-refractivity contribution in [2.45, 2.75) is 72.5 Å². The van der Waals surface area contributed by atoms with Crippen molar-refractivity contribution in [1.29, 1.82) is 0 Å². The van der Waals surface area contributed by atoms with Crippen LogP contribution in [0.5, 0.6) is 6.01 Å². The lowest BCUT2D eigenvalue weighted by molar-refractivity contribution is -0.160. The maximum atomic E-state index is 13.1. The highest BCUT2D eigenvalue weighted by atomic mass is 19.1. The van der Waals surface area contributed by atoms with E-state index in [0.717, 1.165) is 31.5 Å². The van der Waals surface area contributed by atoms with Crippen LogP contribution in [0, 0.1) is 18.2 Å². The van der Waals surface area contributed by atoms with Crippen LogP contribution in [0.25, 0.3) is 11.4 Å². The quantitative estimate of drug-likeness (QED) is 0.389. The van der Waals surface area contributed by atoms with Crippen molar-refractivity contribution in [1.82, 2.24) is 25.4 Å². The molecule has 0 saturated carbocycles. The number of ether oxygens (including phenoxy) is 2. The summed E-state index contributed by atoms with van der Waals surface area (Å²) in [6.07, 6.45) is 2.80. The molecule has 214 valence electrons. The molecule has 0 radical (unpaired) electrons. The largest absolute Gasteiger partial charge is 0.479 e. The lowest BCUT2D eigenvalue weighted by Crippen LogP contribution is -2.39. The molecule has 3 heterocycles. The predicted octanol–water partition coefficient (Wildman–Crippen LogP) is 4.96. The number of piperidine rings is 1. The van der Waals surface area contributed by atoms with Crippen LogP contribution in [-0.2, 0) is 16.0 Å². The van der Waals surface area contributed by atoms with Crippen molar-refractivity contribution in [3.8, 4) is 17.4 Å². The Morgan fingerprint density at radius 2 is 1.73 bits per heavy atom. The second-order valence-corrected chi connectivity index (χ2v) is 11.9. The molecule has 1 atom stereocenters. The van der Waals surface area contributed by atoms with E-state index in [-0.39, 0.29) is 29.7 Å². The normalized spacial score (nSPS) is 16.0. The Balaban J connectivity index is 1.67. The number of pyridine rings is 1. The highest BCUT2D eigenvalue weighted by molar-refractivity contribution is 5.84. The molecule has 2 aromatic heterocycles. The average molecular weight is 553 g/mol. The van der Waals surface area contributed by atoms with Gasteiger partial charge in [0, 0.05) is 37.0 Å². The molecule has 1 aromatic carbocycles. The molecule has 1 aliphatic rings. The van der Waals surface area contributed by atoms with Crippen LogP contribution in [0.4, 0.5) is 10.1 Å². The molecule has 4 rings (SSSR count). The summed E-state index contributed by atoms with van der Waals surface area (Å²) < 4.78 is 24.8. The van der Waals surface area contributed by atoms with Gasteiger partial charge in [0.05, 0.1) is 23.5 Å². The summed E-state index contributed by atoms with van der Waals surface area (Å²) in [6.45, 7) is 13.4. The predicted molar refractivity (Wildman–Crippen MR) is 148 cm³/mol. The van der Waals surface area contributed by atoms with Crippen molar-refractivity contribution >= 4 is 11.7 Å². The number of hydrogen-bond acceptors (Lipinski definition) is 9. The third-order valence-electron chi connectivity index (χ3n) is 6.92. The molecule has 1 N–H and O–H groups in total. The molecule has 0 aliphatic carbocycles. The van der Waals surface area contributed by atoms with Crippen molar-refractivity contribution in [3.63, 3.8) is 0 Å². The van der Waals surface area contributed by atoms with E-state index in [1.165, 1.54) is 12.1 Å². The molecule has 1 unspecified atom stereocenters. The minimum Gasteiger partial charge on any atom is -0.479 e. The fraction of sp³-hybridized carbons (Fsp3) is 0.517. The molecule has 11 heteroatoms. The topological polar surface area (TPSA) is 123 Å². The molecular weight excluding hydrogens is 515 g/mol. The minimum atomic E-state index is -1.24. The number of benzene rings is 1. The number of carboxylic acids is 1. The zero-order chi connectivity index (χ0) is 29.1. The van der Waals surface area contributed by atoms with E-state index in [1.54, 1.807) is 25.3 Å². The van der Waals surface area contributed by atoms with Gasteiger partial charge < -0.3 is 19.5 Å². The Kier molecular flexibility index (Phi) is 8.62. The zero-order valence-corrected chi connectivity index (χ0v) is 23.9. The summed E-state index contributed by atoms with van der Waals surface area (Å²) in [4.78, 5) is 19.2. The van der Waals surface area contributed by atoms with Gasteiger partial charge in [-0.05, 0) is 63.6 Å². The maximum absolute atomic E-state index is 13.1. The molecule has 1 aliphatic heterocycles. The highest BCUT2D eigenvalue weighted by Crippen LogP contribution is 2.42. The van der Waals surface area contributed by atoms with Crippen molar-refractivity contribution in [3.05, 3.63) is 53.1 Å². The van der Waals surface area contributed by atoms with Gasteiger partial charge in [-0.25, -0.2) is 9.18 Å². The van der Waals surface area contributed by atoms with Crippen LogP contribution in [0.1, 0.15) is 70.4 Å². The molecule has 1 saturated heterocycles. The second-order valence-electron chi connectivity index (χ2n) is 11.9. The van der Waals surface area contributed by atoms with Gasteiger partial charge in [0.1, 0.15) is 5.82 Å². The van der Waals surface area contributed by atoms with E-state index < -0.39 is 17.7 Å². The van der Waals surface area contributed by atoms with E-state index in [4.69, 9.17) is 9.47 Å². The molecule has 40 heavy (non-hydrogen) atoms. The van der Waals surface area contributed by atoms with Crippen LogP contribution in [0.15, 0.2) is 30.5 Å². The van der Waals surface area contributed by atoms with E-state index >= 15 is 0 Å². The van der Waals surface area contributed by atoms with Gasteiger partial charge in [0.15, 0.2) is 6.10 Å². The molecule has 3 aromatic rings. The summed E-state index contributed by atoms with van der Waals surface area (Å²) in [7, 11) is 0. The minimum absolute atomic E-state index is 0.00639. The molecule has 1 fully saturated rings. The third-order valence-corrected chi connectivity index (χ3v) is 6.92. The number of rotatable bonds is 9. The van der Waals surface area contributed by atoms with Crippen molar-refractivity contribution < 1.29 is 23.8 Å². The van der Waals surface area contributed by atoms with Crippen LogP contribution in [0.3, 0.4) is 0 Å². The first-order valence-electron chi connectivity index (χ1n) is 13.4. The first-order chi connectivity index (χ1) is 18.8. The Bertz CT molecular complexity index is 1320. The van der Waals surface area contributed by atoms with Crippen LogP contribution < -0.4 is 9.64 Å². The van der Waals surface area contributed by atoms with Gasteiger partial charge in [-0.2, -0.15) is 0 Å². The fourth-order valence-electron chi connectivity index (χ4n) is 4.65. The molecular formula is C29H37FN6O4. The molecule has 10 nitrogen and oxygen atoms in total. The van der Waals surface area contributed by atoms with Crippen LogP contribution in [0.2, 0.25) is 0 Å². The summed E-state index contributed by atoms with van der Waals surface area (Å²) >= 11 is 0. The average Bonchev–Trinajstić information content (AvgIpc) is 2.88. The second kappa shape index (κ2) is 11.8. The van der Waals surface area contributed by atoms with Crippen LogP contribution in [-0.4, -0.2) is 61.8 Å². The standard InChI is InChI=1S/C29H37FN6O4/c1-18-22(24(26(37)38)40-28(2,3)4)23(36-14-12-29(5,6)13-15-36)21(17-31-18)25-32-34-27(35-33-25)39-16-11-19-7-9-20(30)10-8-19/h7-10,17,24H,11-16H2,1-6H3,(H,37,38). The molecule has 0 spiro atoms. The third kappa shape index (κ3) is 7.26. The Morgan fingerprint density at radius 1 is 1.10 bits per heavy atom. The van der Waals surface area contributed by atoms with Gasteiger partial charge >= 0.3 is 12.0 Å². The van der Waals surface area contributed by atoms with E-state index in [0.29, 0.717) is 28.9 Å². The number of carboxylic acid groups (broad SMARTS) is 1. The summed E-state index contributed by atoms with van der Waals surface area (Å²) in [5, 5.41) is 27.0. The summed E-state index contributed by atoms with van der Waals surface area (Å²) in [6, 6.07) is 6.19. The number of carbonyl (C=O) groups is 1. The van der Waals surface area contributed by atoms with Gasteiger partial charge in [0.2, 0.25) is 5.82 Å². The maximum Gasteiger partial charge on any atom is 0.355 e. The molecule has 0 bridgehead atoms. The van der Waals surface area contributed by atoms with Gasteiger partial charge in [-0.15, -0.1) is 10.2 Å². The first kappa shape index (κ1) is 29.3. The van der Waals surface area contributed by atoms with Gasteiger partial charge in [-0.1, -0.05) is 36.2 Å². The number of halogens is 1. The Hall–Kier alpha value is -3.73. The lowest BCUT2D eigenvalue weighted by atomic mass is 9.82. The molecule has 0 amide bonds. The van der Waals surface area contributed by atoms with Crippen molar-refractivity contribution in [2.75, 3.05) is 24.6 Å². The number of hydrogen-bond donors (Lipinski definition) is 1. The van der Waals surface area contributed by atoms with Crippen molar-refractivity contribution in [2.24, 2.45) is 5.41 Å². The number of aromatic nitrogens is 5. The Labute approximate surface area is 234 Å². The number of aliphatic carboxylic acids is 1. The number of aryl methyl sites for hydroxylation is 1.